The molecule has 1 aromatic carbocycles. The largest absolute Gasteiger partial charge is 0.329 e. The van der Waals surface area contributed by atoms with Gasteiger partial charge in [-0.05, 0) is 42.1 Å². The van der Waals surface area contributed by atoms with E-state index in [9.17, 15) is 0 Å². The van der Waals surface area contributed by atoms with Crippen molar-refractivity contribution in [1.29, 1.82) is 0 Å². The van der Waals surface area contributed by atoms with Crippen LogP contribution in [0.1, 0.15) is 33.5 Å². The molecule has 1 aliphatic rings. The summed E-state index contributed by atoms with van der Waals surface area (Å²) in [6.07, 6.45) is 0. The molecule has 2 unspecified atom stereocenters. The van der Waals surface area contributed by atoms with E-state index in [1.165, 1.54) is 21.6 Å². The number of thiophene rings is 1. The summed E-state index contributed by atoms with van der Waals surface area (Å²) in [7, 11) is 2.18. The number of hydrogen-bond acceptors (Lipinski definition) is 3. The fourth-order valence-electron chi connectivity index (χ4n) is 3.24. The SMILES string of the molecule is Cc1cccc2c1C(c1cccs1)CN(C)C2CN. The number of benzene rings is 1. The average molecular weight is 272 g/mol. The van der Waals surface area contributed by atoms with Crippen LogP contribution in [-0.4, -0.2) is 25.0 Å². The molecular formula is C16H20N2S. The molecule has 3 rings (SSSR count). The van der Waals surface area contributed by atoms with Crippen molar-refractivity contribution in [1.82, 2.24) is 4.90 Å². The summed E-state index contributed by atoms with van der Waals surface area (Å²) >= 11 is 1.85. The summed E-state index contributed by atoms with van der Waals surface area (Å²) < 4.78 is 0. The van der Waals surface area contributed by atoms with Gasteiger partial charge in [0.2, 0.25) is 0 Å². The van der Waals surface area contributed by atoms with E-state index >= 15 is 0 Å². The highest BCUT2D eigenvalue weighted by molar-refractivity contribution is 7.10. The Kier molecular flexibility index (Phi) is 3.44. The predicted molar refractivity (Wildman–Crippen MR) is 81.8 cm³/mol. The van der Waals surface area contributed by atoms with Crippen LogP contribution in [0, 0.1) is 6.92 Å². The molecular weight excluding hydrogens is 252 g/mol. The minimum Gasteiger partial charge on any atom is -0.329 e. The molecule has 1 aromatic heterocycles. The van der Waals surface area contributed by atoms with Gasteiger partial charge >= 0.3 is 0 Å². The zero-order valence-electron chi connectivity index (χ0n) is 11.5. The van der Waals surface area contributed by atoms with Gasteiger partial charge in [0, 0.05) is 29.9 Å². The fourth-order valence-corrected chi connectivity index (χ4v) is 4.07. The van der Waals surface area contributed by atoms with Crippen molar-refractivity contribution in [2.24, 2.45) is 5.73 Å². The lowest BCUT2D eigenvalue weighted by Gasteiger charge is -2.39. The monoisotopic (exact) mass is 272 g/mol. The van der Waals surface area contributed by atoms with Gasteiger partial charge in [0.1, 0.15) is 0 Å². The van der Waals surface area contributed by atoms with Crippen LogP contribution in [0.3, 0.4) is 0 Å². The summed E-state index contributed by atoms with van der Waals surface area (Å²) in [6, 6.07) is 11.4. The molecule has 0 saturated heterocycles. The number of aryl methyl sites for hydroxylation is 1. The fraction of sp³-hybridized carbons (Fsp3) is 0.375. The highest BCUT2D eigenvalue weighted by Gasteiger charge is 2.32. The first-order chi connectivity index (χ1) is 9.22. The molecule has 2 heterocycles. The number of fused-ring (bicyclic) bond motifs is 1. The van der Waals surface area contributed by atoms with E-state index in [4.69, 9.17) is 5.73 Å². The van der Waals surface area contributed by atoms with Crippen molar-refractivity contribution >= 4 is 11.3 Å². The van der Waals surface area contributed by atoms with Gasteiger partial charge in [0.15, 0.2) is 0 Å². The molecule has 3 heteroatoms. The van der Waals surface area contributed by atoms with Crippen molar-refractivity contribution in [2.75, 3.05) is 20.1 Å². The van der Waals surface area contributed by atoms with Gasteiger partial charge in [0.05, 0.1) is 0 Å². The molecule has 2 atom stereocenters. The zero-order valence-corrected chi connectivity index (χ0v) is 12.3. The summed E-state index contributed by atoms with van der Waals surface area (Å²) in [5.41, 5.74) is 10.3. The van der Waals surface area contributed by atoms with E-state index in [1.54, 1.807) is 0 Å². The molecule has 0 amide bonds. The van der Waals surface area contributed by atoms with Crippen LogP contribution in [0.2, 0.25) is 0 Å². The minimum absolute atomic E-state index is 0.353. The quantitative estimate of drug-likeness (QED) is 0.910. The van der Waals surface area contributed by atoms with Crippen molar-refractivity contribution < 1.29 is 0 Å². The molecule has 1 aliphatic heterocycles. The number of rotatable bonds is 2. The van der Waals surface area contributed by atoms with E-state index in [0.717, 1.165) is 6.54 Å². The Labute approximate surface area is 118 Å². The Morgan fingerprint density at radius 1 is 1.32 bits per heavy atom. The number of nitrogens with two attached hydrogens (primary N) is 1. The van der Waals surface area contributed by atoms with Gasteiger partial charge in [-0.15, -0.1) is 11.3 Å². The third-order valence-corrected chi connectivity index (χ3v) is 5.16. The lowest BCUT2D eigenvalue weighted by atomic mass is 9.82. The standard InChI is InChI=1S/C16H20N2S/c1-11-5-3-6-12-14(9-17)18(2)10-13(16(11)12)15-7-4-8-19-15/h3-8,13-14H,9-10,17H2,1-2H3. The second-order valence-electron chi connectivity index (χ2n) is 5.34. The van der Waals surface area contributed by atoms with Crippen LogP contribution in [0.4, 0.5) is 0 Å². The number of likely N-dealkylation sites (N-methyl/N-ethyl adjacent to an activating group) is 1. The third-order valence-electron chi connectivity index (χ3n) is 4.18. The Morgan fingerprint density at radius 3 is 2.84 bits per heavy atom. The minimum atomic E-state index is 0.353. The summed E-state index contributed by atoms with van der Waals surface area (Å²) in [5.74, 6) is 0.490. The Balaban J connectivity index is 2.15. The Hall–Kier alpha value is -1.16. The first kappa shape index (κ1) is 12.9. The molecule has 2 aromatic rings. The zero-order chi connectivity index (χ0) is 13.4. The van der Waals surface area contributed by atoms with Crippen molar-refractivity contribution in [3.05, 3.63) is 57.3 Å². The average Bonchev–Trinajstić information content (AvgIpc) is 2.91. The molecule has 0 spiro atoms. The van der Waals surface area contributed by atoms with Crippen LogP contribution < -0.4 is 5.73 Å². The van der Waals surface area contributed by atoms with Crippen LogP contribution in [0.5, 0.6) is 0 Å². The maximum Gasteiger partial charge on any atom is 0.0470 e. The predicted octanol–water partition coefficient (Wildman–Crippen LogP) is 3.13. The highest BCUT2D eigenvalue weighted by atomic mass is 32.1. The molecule has 0 aliphatic carbocycles. The van der Waals surface area contributed by atoms with Crippen molar-refractivity contribution in [3.8, 4) is 0 Å². The number of hydrogen-bond donors (Lipinski definition) is 1. The van der Waals surface area contributed by atoms with Gasteiger partial charge in [-0.1, -0.05) is 24.3 Å². The van der Waals surface area contributed by atoms with Gasteiger partial charge in [-0.3, -0.25) is 4.90 Å². The number of nitrogens with zero attached hydrogens (tertiary/aromatic N) is 1. The maximum atomic E-state index is 5.98. The van der Waals surface area contributed by atoms with Gasteiger partial charge in [-0.25, -0.2) is 0 Å². The first-order valence-electron chi connectivity index (χ1n) is 6.75. The van der Waals surface area contributed by atoms with E-state index in [0.29, 0.717) is 18.5 Å². The lowest BCUT2D eigenvalue weighted by molar-refractivity contribution is 0.224. The summed E-state index contributed by atoms with van der Waals surface area (Å²) in [6.45, 7) is 3.96. The van der Waals surface area contributed by atoms with Gasteiger partial charge in [0.25, 0.3) is 0 Å². The van der Waals surface area contributed by atoms with E-state index in [-0.39, 0.29) is 0 Å². The highest BCUT2D eigenvalue weighted by Crippen LogP contribution is 2.41. The maximum absolute atomic E-state index is 5.98. The molecule has 100 valence electrons. The molecule has 2 nitrogen and oxygen atoms in total. The smallest absolute Gasteiger partial charge is 0.0470 e. The molecule has 0 fully saturated rings. The van der Waals surface area contributed by atoms with E-state index < -0.39 is 0 Å². The van der Waals surface area contributed by atoms with E-state index in [1.807, 2.05) is 11.3 Å². The molecule has 0 bridgehead atoms. The molecule has 2 N–H and O–H groups in total. The van der Waals surface area contributed by atoms with Crippen LogP contribution in [-0.2, 0) is 0 Å². The normalized spacial score (nSPS) is 23.3. The molecule has 0 saturated carbocycles. The second kappa shape index (κ2) is 5.08. The summed E-state index contributed by atoms with van der Waals surface area (Å²) in [5, 5.41) is 2.17. The van der Waals surface area contributed by atoms with Crippen molar-refractivity contribution in [3.63, 3.8) is 0 Å². The summed E-state index contributed by atoms with van der Waals surface area (Å²) in [4.78, 5) is 3.85. The molecule has 19 heavy (non-hydrogen) atoms. The van der Waals surface area contributed by atoms with E-state index in [2.05, 4.69) is 54.6 Å². The van der Waals surface area contributed by atoms with Gasteiger partial charge in [-0.2, -0.15) is 0 Å². The topological polar surface area (TPSA) is 29.3 Å². The first-order valence-corrected chi connectivity index (χ1v) is 7.63. The Bertz CT molecular complexity index is 562. The second-order valence-corrected chi connectivity index (χ2v) is 6.32. The third kappa shape index (κ3) is 2.12. The molecule has 0 radical (unpaired) electrons. The lowest BCUT2D eigenvalue weighted by Crippen LogP contribution is -2.39. The Morgan fingerprint density at radius 2 is 2.16 bits per heavy atom. The van der Waals surface area contributed by atoms with Crippen LogP contribution >= 0.6 is 11.3 Å². The van der Waals surface area contributed by atoms with Crippen molar-refractivity contribution in [2.45, 2.75) is 18.9 Å². The van der Waals surface area contributed by atoms with Gasteiger partial charge < -0.3 is 5.73 Å². The van der Waals surface area contributed by atoms with Crippen LogP contribution in [0.25, 0.3) is 0 Å². The van der Waals surface area contributed by atoms with Crippen LogP contribution in [0.15, 0.2) is 35.7 Å².